The fraction of sp³-hybridized carbons (Fsp3) is 1.00. The molecule has 1 aliphatic rings. The van der Waals surface area contributed by atoms with Crippen molar-refractivity contribution >= 4 is 16.4 Å². The summed E-state index contributed by atoms with van der Waals surface area (Å²) in [6, 6.07) is 0. The van der Waals surface area contributed by atoms with Crippen LogP contribution in [0.15, 0.2) is 0 Å². The monoisotopic (exact) mass is 206 g/mol. The minimum atomic E-state index is -1.78. The number of aliphatic hydroxyl groups is 1. The van der Waals surface area contributed by atoms with Crippen LogP contribution in [0, 0.1) is 0 Å². The summed E-state index contributed by atoms with van der Waals surface area (Å²) in [6.07, 6.45) is 0.496. The molecule has 0 spiro atoms. The largest absolute Gasteiger partial charge is 0.388 e. The summed E-state index contributed by atoms with van der Waals surface area (Å²) in [4.78, 5) is 9.10. The molecule has 4 nitrogen and oxygen atoms in total. The lowest BCUT2D eigenvalue weighted by Gasteiger charge is -2.38. The molecule has 0 aromatic rings. The first-order valence-electron chi connectivity index (χ1n) is 4.32. The van der Waals surface area contributed by atoms with Gasteiger partial charge in [0.05, 0.1) is 18.8 Å². The van der Waals surface area contributed by atoms with Crippen LogP contribution in [-0.4, -0.2) is 36.7 Å². The molecule has 0 amide bonds. The zero-order valence-corrected chi connectivity index (χ0v) is 9.17. The van der Waals surface area contributed by atoms with E-state index in [2.05, 4.69) is 0 Å². The minimum absolute atomic E-state index is 0.138. The highest BCUT2D eigenvalue weighted by molar-refractivity contribution is 7.40. The Morgan fingerprint density at radius 3 is 2.62 bits per heavy atom. The van der Waals surface area contributed by atoms with Crippen LogP contribution in [0.5, 0.6) is 0 Å². The maximum absolute atomic E-state index is 10.2. The van der Waals surface area contributed by atoms with Crippen LogP contribution < -0.4 is 0 Å². The van der Waals surface area contributed by atoms with Crippen LogP contribution in [0.1, 0.15) is 20.3 Å². The van der Waals surface area contributed by atoms with Gasteiger partial charge in [-0.2, -0.15) is 0 Å². The lowest BCUT2D eigenvalue weighted by molar-refractivity contribution is -0.0361. The highest BCUT2D eigenvalue weighted by Crippen LogP contribution is 2.45. The fourth-order valence-electron chi connectivity index (χ4n) is 1.16. The van der Waals surface area contributed by atoms with E-state index in [0.717, 1.165) is 0 Å². The zero-order valence-electron chi connectivity index (χ0n) is 8.28. The van der Waals surface area contributed by atoms with E-state index < -0.39 is 14.2 Å². The molecule has 1 fully saturated rings. The van der Waals surface area contributed by atoms with Crippen LogP contribution >= 0.6 is 8.60 Å². The van der Waals surface area contributed by atoms with Gasteiger partial charge in [-0.05, 0) is 5.31 Å². The molecule has 0 radical (unpaired) electrons. The lowest BCUT2D eigenvalue weighted by atomic mass is 9.60. The Hall–Kier alpha value is 0.335. The van der Waals surface area contributed by atoms with Gasteiger partial charge in [-0.15, -0.1) is 0 Å². The summed E-state index contributed by atoms with van der Waals surface area (Å²) < 4.78 is 9.92. The van der Waals surface area contributed by atoms with E-state index in [1.54, 1.807) is 0 Å². The zero-order chi connectivity index (χ0) is 10.1. The van der Waals surface area contributed by atoms with Gasteiger partial charge in [-0.25, -0.2) is 0 Å². The van der Waals surface area contributed by atoms with Crippen molar-refractivity contribution in [2.24, 2.45) is 0 Å². The summed E-state index contributed by atoms with van der Waals surface area (Å²) in [5, 5.41) is 9.93. The smallest absolute Gasteiger partial charge is 0.329 e. The van der Waals surface area contributed by atoms with Gasteiger partial charge < -0.3 is 19.0 Å². The van der Waals surface area contributed by atoms with Crippen molar-refractivity contribution in [3.05, 3.63) is 0 Å². The van der Waals surface area contributed by atoms with Crippen LogP contribution in [-0.2, 0) is 9.05 Å². The third-order valence-electron chi connectivity index (χ3n) is 2.53. The number of hydrogen-bond donors (Lipinski definition) is 2. The average molecular weight is 206 g/mol. The van der Waals surface area contributed by atoms with Crippen molar-refractivity contribution in [3.8, 4) is 0 Å². The van der Waals surface area contributed by atoms with Gasteiger partial charge in [-0.3, -0.25) is 0 Å². The highest BCUT2D eigenvalue weighted by Gasteiger charge is 2.42. The molecule has 0 saturated carbocycles. The van der Waals surface area contributed by atoms with Crippen molar-refractivity contribution in [1.82, 2.24) is 0 Å². The van der Waals surface area contributed by atoms with Gasteiger partial charge in [0.15, 0.2) is 0 Å². The summed E-state index contributed by atoms with van der Waals surface area (Å²) in [7, 11) is 0.162. The van der Waals surface area contributed by atoms with E-state index in [4.69, 9.17) is 13.9 Å². The molecule has 1 heterocycles. The standard InChI is InChI=1S/C7H16BO4P/c1-6(2,8)7(9)3-4-11-13(10)12-5-7/h9-10H,3-5,8H2,1-2H3. The minimum Gasteiger partial charge on any atom is -0.388 e. The molecule has 0 aromatic heterocycles. The number of hydrogen-bond acceptors (Lipinski definition) is 4. The van der Waals surface area contributed by atoms with E-state index in [1.807, 2.05) is 21.7 Å². The average Bonchev–Trinajstić information content (AvgIpc) is 2.13. The molecule has 0 bridgehead atoms. The van der Waals surface area contributed by atoms with Crippen molar-refractivity contribution in [2.45, 2.75) is 31.2 Å². The third-order valence-corrected chi connectivity index (χ3v) is 3.28. The molecule has 1 rings (SSSR count). The Labute approximate surface area is 80.7 Å². The maximum atomic E-state index is 10.2. The quantitative estimate of drug-likeness (QED) is 0.475. The van der Waals surface area contributed by atoms with E-state index in [0.29, 0.717) is 13.0 Å². The van der Waals surface area contributed by atoms with Gasteiger partial charge in [0, 0.05) is 6.42 Å². The Morgan fingerprint density at radius 1 is 1.46 bits per heavy atom. The summed E-state index contributed by atoms with van der Waals surface area (Å²) >= 11 is 0. The van der Waals surface area contributed by atoms with Crippen molar-refractivity contribution in [2.75, 3.05) is 13.2 Å². The van der Waals surface area contributed by atoms with E-state index in [1.165, 1.54) is 0 Å². The van der Waals surface area contributed by atoms with Gasteiger partial charge in [0.2, 0.25) is 0 Å². The molecular weight excluding hydrogens is 190 g/mol. The molecular formula is C7H16BO4P. The van der Waals surface area contributed by atoms with Crippen molar-refractivity contribution < 1.29 is 19.0 Å². The second kappa shape index (κ2) is 3.83. The number of rotatable bonds is 1. The maximum Gasteiger partial charge on any atom is 0.329 e. The van der Waals surface area contributed by atoms with Crippen LogP contribution in [0.25, 0.3) is 0 Å². The summed E-state index contributed by atoms with van der Waals surface area (Å²) in [5.74, 6) is 0. The van der Waals surface area contributed by atoms with Gasteiger partial charge >= 0.3 is 8.60 Å². The molecule has 76 valence electrons. The van der Waals surface area contributed by atoms with Crippen molar-refractivity contribution in [1.29, 1.82) is 0 Å². The molecule has 2 unspecified atom stereocenters. The lowest BCUT2D eigenvalue weighted by Crippen LogP contribution is -2.44. The van der Waals surface area contributed by atoms with Gasteiger partial charge in [0.25, 0.3) is 0 Å². The fourth-order valence-corrected chi connectivity index (χ4v) is 1.80. The van der Waals surface area contributed by atoms with E-state index in [9.17, 15) is 5.11 Å². The van der Waals surface area contributed by atoms with Gasteiger partial charge in [0.1, 0.15) is 7.85 Å². The molecule has 2 atom stereocenters. The van der Waals surface area contributed by atoms with Crippen LogP contribution in [0.4, 0.5) is 0 Å². The topological polar surface area (TPSA) is 58.9 Å². The second-order valence-electron chi connectivity index (χ2n) is 4.38. The van der Waals surface area contributed by atoms with Crippen molar-refractivity contribution in [3.63, 3.8) is 0 Å². The Balaban J connectivity index is 2.68. The first kappa shape index (κ1) is 11.4. The Bertz CT molecular complexity index is 184. The molecule has 6 heteroatoms. The second-order valence-corrected chi connectivity index (χ2v) is 5.37. The Kier molecular flexibility index (Phi) is 3.36. The first-order valence-corrected chi connectivity index (χ1v) is 5.45. The normalized spacial score (nSPS) is 37.1. The van der Waals surface area contributed by atoms with E-state index in [-0.39, 0.29) is 11.9 Å². The molecule has 13 heavy (non-hydrogen) atoms. The first-order chi connectivity index (χ1) is 5.85. The summed E-state index contributed by atoms with van der Waals surface area (Å²) in [6.45, 7) is 4.37. The molecule has 0 aliphatic carbocycles. The predicted octanol–water partition coefficient (Wildman–Crippen LogP) is 0.205. The highest BCUT2D eigenvalue weighted by atomic mass is 31.2. The Morgan fingerprint density at radius 2 is 2.08 bits per heavy atom. The predicted molar refractivity (Wildman–Crippen MR) is 53.2 cm³/mol. The SMILES string of the molecule is BC(C)(C)C1(O)CCOP(O)OC1. The molecule has 0 aromatic carbocycles. The molecule has 1 aliphatic heterocycles. The van der Waals surface area contributed by atoms with Crippen LogP contribution in [0.2, 0.25) is 5.31 Å². The summed E-state index contributed by atoms with van der Waals surface area (Å²) in [5.41, 5.74) is -0.910. The van der Waals surface area contributed by atoms with Crippen LogP contribution in [0.3, 0.4) is 0 Å². The van der Waals surface area contributed by atoms with Gasteiger partial charge in [-0.1, -0.05) is 13.8 Å². The van der Waals surface area contributed by atoms with E-state index >= 15 is 0 Å². The molecule has 1 saturated heterocycles. The third kappa shape index (κ3) is 2.64. The molecule has 2 N–H and O–H groups in total.